The van der Waals surface area contributed by atoms with Crippen molar-refractivity contribution in [2.45, 2.75) is 0 Å². The fourth-order valence-electron chi connectivity index (χ4n) is 2.43. The molecule has 0 saturated carbocycles. The van der Waals surface area contributed by atoms with Crippen LogP contribution in [0, 0.1) is 10.8 Å². The number of benzene rings is 1. The van der Waals surface area contributed by atoms with E-state index in [1.54, 1.807) is 30.6 Å². The van der Waals surface area contributed by atoms with Crippen molar-refractivity contribution < 1.29 is 8.83 Å². The molecule has 4 rings (SSSR count). The maximum atomic E-state index is 8.10. The molecule has 5 heteroatoms. The van der Waals surface area contributed by atoms with E-state index in [1.165, 1.54) is 6.26 Å². The average molecular weight is 289 g/mol. The largest absolute Gasteiger partial charge is 0.464 e. The minimum atomic E-state index is 0.357. The third-order valence-electron chi connectivity index (χ3n) is 3.55. The Morgan fingerprint density at radius 1 is 0.864 bits per heavy atom. The van der Waals surface area contributed by atoms with Crippen molar-refractivity contribution in [3.63, 3.8) is 0 Å². The third-order valence-corrected chi connectivity index (χ3v) is 3.55. The van der Waals surface area contributed by atoms with Crippen molar-refractivity contribution in [3.05, 3.63) is 65.8 Å². The van der Waals surface area contributed by atoms with Crippen LogP contribution in [0.2, 0.25) is 0 Å². The van der Waals surface area contributed by atoms with E-state index in [0.717, 1.165) is 10.9 Å². The first-order valence-corrected chi connectivity index (χ1v) is 6.71. The summed E-state index contributed by atoms with van der Waals surface area (Å²) in [4.78, 5) is 4.01. The predicted octanol–water partition coefficient (Wildman–Crippen LogP) is 3.20. The van der Waals surface area contributed by atoms with Gasteiger partial charge in [-0.05, 0) is 24.3 Å². The Labute approximate surface area is 124 Å². The molecule has 0 aliphatic rings. The van der Waals surface area contributed by atoms with Crippen LogP contribution >= 0.6 is 0 Å². The lowest BCUT2D eigenvalue weighted by Gasteiger charge is -2.05. The summed E-state index contributed by atoms with van der Waals surface area (Å²) in [7, 11) is 0. The minimum absolute atomic E-state index is 0.357. The summed E-state index contributed by atoms with van der Waals surface area (Å²) in [5.41, 5.74) is 2.03. The second kappa shape index (κ2) is 4.66. The number of nitrogens with zero attached hydrogens (tertiary/aromatic N) is 1. The first-order chi connectivity index (χ1) is 10.7. The van der Waals surface area contributed by atoms with Crippen LogP contribution in [-0.2, 0) is 0 Å². The molecule has 106 valence electrons. The molecule has 4 aromatic rings. The first-order valence-electron chi connectivity index (χ1n) is 6.71. The van der Waals surface area contributed by atoms with Gasteiger partial charge in [0.2, 0.25) is 0 Å². The molecule has 3 heterocycles. The Morgan fingerprint density at radius 2 is 1.77 bits per heavy atom. The normalized spacial score (nSPS) is 11.1. The lowest BCUT2D eigenvalue weighted by molar-refractivity contribution is 0.599. The third kappa shape index (κ3) is 1.91. The number of fused-ring (bicyclic) bond motifs is 2. The van der Waals surface area contributed by atoms with Gasteiger partial charge in [-0.2, -0.15) is 0 Å². The Kier molecular flexibility index (Phi) is 2.66. The lowest BCUT2D eigenvalue weighted by atomic mass is 10.1. The van der Waals surface area contributed by atoms with Gasteiger partial charge in [0.15, 0.2) is 0 Å². The van der Waals surface area contributed by atoms with Crippen LogP contribution in [0.25, 0.3) is 33.3 Å². The van der Waals surface area contributed by atoms with Crippen LogP contribution in [0.1, 0.15) is 0 Å². The number of rotatable bonds is 1. The monoisotopic (exact) mass is 289 g/mol. The Hall–Kier alpha value is -3.21. The molecule has 0 fully saturated rings. The van der Waals surface area contributed by atoms with E-state index in [2.05, 4.69) is 4.98 Å². The minimum Gasteiger partial charge on any atom is -0.464 e. The van der Waals surface area contributed by atoms with Gasteiger partial charge in [0, 0.05) is 29.4 Å². The summed E-state index contributed by atoms with van der Waals surface area (Å²) < 4.78 is 11.3. The maximum Gasteiger partial charge on any atom is 0.139 e. The van der Waals surface area contributed by atoms with Gasteiger partial charge in [-0.1, -0.05) is 6.07 Å². The molecule has 0 amide bonds. The molecule has 1 aromatic carbocycles. The van der Waals surface area contributed by atoms with E-state index < -0.39 is 0 Å². The number of hydrogen-bond donors (Lipinski definition) is 2. The number of hydrogen-bond acceptors (Lipinski definition) is 5. The zero-order chi connectivity index (χ0) is 15.1. The van der Waals surface area contributed by atoms with Gasteiger partial charge >= 0.3 is 0 Å². The van der Waals surface area contributed by atoms with Crippen molar-refractivity contribution >= 4 is 21.9 Å². The van der Waals surface area contributed by atoms with Crippen LogP contribution < -0.4 is 10.7 Å². The highest BCUT2D eigenvalue weighted by atomic mass is 16.3. The van der Waals surface area contributed by atoms with Gasteiger partial charge in [0.25, 0.3) is 0 Å². The summed E-state index contributed by atoms with van der Waals surface area (Å²) in [6, 6.07) is 10.5. The first kappa shape index (κ1) is 12.5. The zero-order valence-electron chi connectivity index (χ0n) is 11.5. The van der Waals surface area contributed by atoms with Gasteiger partial charge in [-0.15, -0.1) is 0 Å². The molecule has 0 radical (unpaired) electrons. The molecule has 0 aliphatic carbocycles. The quantitative estimate of drug-likeness (QED) is 0.564. The summed E-state index contributed by atoms with van der Waals surface area (Å²) >= 11 is 0. The van der Waals surface area contributed by atoms with Gasteiger partial charge in [0.1, 0.15) is 16.9 Å². The highest BCUT2D eigenvalue weighted by Gasteiger charge is 2.07. The molecule has 0 bridgehead atoms. The van der Waals surface area contributed by atoms with Crippen molar-refractivity contribution in [3.8, 4) is 11.3 Å². The Bertz CT molecular complexity index is 1130. The van der Waals surface area contributed by atoms with Crippen molar-refractivity contribution in [1.82, 2.24) is 4.98 Å². The van der Waals surface area contributed by atoms with Crippen molar-refractivity contribution in [1.29, 1.82) is 10.8 Å². The molecule has 3 aromatic heterocycles. The molecule has 22 heavy (non-hydrogen) atoms. The molecular formula is C17H11N3O2. The van der Waals surface area contributed by atoms with E-state index in [9.17, 15) is 0 Å². The van der Waals surface area contributed by atoms with Crippen LogP contribution in [-0.4, -0.2) is 4.98 Å². The summed E-state index contributed by atoms with van der Waals surface area (Å²) in [6.07, 6.45) is 4.75. The molecule has 5 nitrogen and oxygen atoms in total. The fraction of sp³-hybridized carbons (Fsp3) is 0. The van der Waals surface area contributed by atoms with Crippen LogP contribution in [0.4, 0.5) is 0 Å². The molecule has 0 spiro atoms. The SMILES string of the molecule is N=c1ccoc2cc(-c3cc(=N)c4cnccc4o3)ccc12. The number of pyridine rings is 1. The Balaban J connectivity index is 1.99. The summed E-state index contributed by atoms with van der Waals surface area (Å²) in [6.45, 7) is 0. The number of aromatic nitrogens is 1. The highest BCUT2D eigenvalue weighted by Crippen LogP contribution is 2.24. The second-order valence-corrected chi connectivity index (χ2v) is 4.94. The Morgan fingerprint density at radius 3 is 2.68 bits per heavy atom. The van der Waals surface area contributed by atoms with E-state index in [-0.39, 0.29) is 0 Å². The van der Waals surface area contributed by atoms with Gasteiger partial charge in [0.05, 0.1) is 22.4 Å². The van der Waals surface area contributed by atoms with E-state index in [1.807, 2.05) is 18.2 Å². The van der Waals surface area contributed by atoms with Crippen molar-refractivity contribution in [2.24, 2.45) is 0 Å². The summed E-state index contributed by atoms with van der Waals surface area (Å²) in [5.74, 6) is 0.580. The maximum absolute atomic E-state index is 8.10. The fourth-order valence-corrected chi connectivity index (χ4v) is 2.43. The van der Waals surface area contributed by atoms with Crippen LogP contribution in [0.5, 0.6) is 0 Å². The molecular weight excluding hydrogens is 278 g/mol. The smallest absolute Gasteiger partial charge is 0.139 e. The van der Waals surface area contributed by atoms with E-state index >= 15 is 0 Å². The molecule has 0 saturated heterocycles. The van der Waals surface area contributed by atoms with E-state index in [0.29, 0.717) is 33.0 Å². The lowest BCUT2D eigenvalue weighted by Crippen LogP contribution is -2.01. The van der Waals surface area contributed by atoms with Gasteiger partial charge in [-0.3, -0.25) is 10.4 Å². The highest BCUT2D eigenvalue weighted by molar-refractivity contribution is 5.82. The molecule has 0 unspecified atom stereocenters. The standard InChI is InChI=1S/C17H11N3O2/c18-13-4-6-21-17-7-10(1-2-11(13)17)16-8-14(19)12-9-20-5-3-15(12)22-16/h1-9,18-19H. The van der Waals surface area contributed by atoms with Gasteiger partial charge < -0.3 is 14.2 Å². The molecule has 0 atom stereocenters. The molecule has 0 aliphatic heterocycles. The number of nitrogens with one attached hydrogen (secondary N) is 2. The zero-order valence-corrected chi connectivity index (χ0v) is 11.5. The molecule has 2 N–H and O–H groups in total. The summed E-state index contributed by atoms with van der Waals surface area (Å²) in [5, 5.41) is 18.1. The van der Waals surface area contributed by atoms with Crippen molar-refractivity contribution in [2.75, 3.05) is 0 Å². The van der Waals surface area contributed by atoms with Crippen LogP contribution in [0.15, 0.2) is 63.9 Å². The topological polar surface area (TPSA) is 86.9 Å². The second-order valence-electron chi connectivity index (χ2n) is 4.94. The predicted molar refractivity (Wildman–Crippen MR) is 80.9 cm³/mol. The van der Waals surface area contributed by atoms with E-state index in [4.69, 9.17) is 19.7 Å². The average Bonchev–Trinajstić information content (AvgIpc) is 2.55. The van der Waals surface area contributed by atoms with Crippen LogP contribution in [0.3, 0.4) is 0 Å². The van der Waals surface area contributed by atoms with Gasteiger partial charge in [-0.25, -0.2) is 0 Å².